The first-order chi connectivity index (χ1) is 9.11. The van der Waals surface area contributed by atoms with Crippen LogP contribution < -0.4 is 5.32 Å². The van der Waals surface area contributed by atoms with E-state index in [1.165, 1.54) is 5.56 Å². The van der Waals surface area contributed by atoms with Crippen LogP contribution in [0.3, 0.4) is 0 Å². The molecule has 0 heterocycles. The third-order valence-corrected chi connectivity index (χ3v) is 4.04. The third kappa shape index (κ3) is 3.34. The van der Waals surface area contributed by atoms with Crippen molar-refractivity contribution in [3.63, 3.8) is 0 Å². The van der Waals surface area contributed by atoms with E-state index in [4.69, 9.17) is 0 Å². The van der Waals surface area contributed by atoms with Gasteiger partial charge >= 0.3 is 0 Å². The van der Waals surface area contributed by atoms with E-state index >= 15 is 0 Å². The molecule has 0 aliphatic heterocycles. The molecule has 0 bridgehead atoms. The standard InChI is InChI=1S/C15H23NO3/c1-10-12(14(18)15(19)13(10)17)16-9-5-8-11-6-3-2-4-7-11/h2-4,6-7,10,12-19H,5,8-9H2,1H3/t10-,12-,13-,14-,15-/m1/s1. The summed E-state index contributed by atoms with van der Waals surface area (Å²) in [7, 11) is 0. The van der Waals surface area contributed by atoms with Crippen LogP contribution in [-0.4, -0.2) is 46.2 Å². The molecule has 2 rings (SSSR count). The van der Waals surface area contributed by atoms with Crippen molar-refractivity contribution in [1.29, 1.82) is 0 Å². The van der Waals surface area contributed by atoms with Crippen LogP contribution in [0.25, 0.3) is 0 Å². The van der Waals surface area contributed by atoms with Crippen LogP contribution in [-0.2, 0) is 6.42 Å². The summed E-state index contributed by atoms with van der Waals surface area (Å²) < 4.78 is 0. The summed E-state index contributed by atoms with van der Waals surface area (Å²) in [5.41, 5.74) is 1.30. The normalized spacial score (nSPS) is 34.6. The first kappa shape index (κ1) is 14.5. The molecule has 1 aliphatic carbocycles. The lowest BCUT2D eigenvalue weighted by atomic mass is 10.0. The van der Waals surface area contributed by atoms with E-state index < -0.39 is 18.3 Å². The predicted molar refractivity (Wildman–Crippen MR) is 73.7 cm³/mol. The molecule has 1 aliphatic rings. The number of rotatable bonds is 5. The van der Waals surface area contributed by atoms with Crippen molar-refractivity contribution in [2.75, 3.05) is 6.54 Å². The molecule has 106 valence electrons. The molecule has 1 aromatic rings. The maximum atomic E-state index is 9.84. The Hall–Kier alpha value is -0.940. The fourth-order valence-corrected chi connectivity index (χ4v) is 2.76. The lowest BCUT2D eigenvalue weighted by Crippen LogP contribution is -2.42. The number of hydrogen-bond donors (Lipinski definition) is 4. The van der Waals surface area contributed by atoms with Crippen LogP contribution in [0.5, 0.6) is 0 Å². The van der Waals surface area contributed by atoms with Gasteiger partial charge in [-0.2, -0.15) is 0 Å². The zero-order chi connectivity index (χ0) is 13.8. The van der Waals surface area contributed by atoms with Gasteiger partial charge in [0.1, 0.15) is 6.10 Å². The van der Waals surface area contributed by atoms with Gasteiger partial charge in [-0.1, -0.05) is 37.3 Å². The van der Waals surface area contributed by atoms with E-state index in [0.29, 0.717) is 0 Å². The highest BCUT2D eigenvalue weighted by Gasteiger charge is 2.45. The second kappa shape index (κ2) is 6.48. The van der Waals surface area contributed by atoms with Crippen LogP contribution in [0, 0.1) is 5.92 Å². The van der Waals surface area contributed by atoms with E-state index in [1.807, 2.05) is 25.1 Å². The number of benzene rings is 1. The highest BCUT2D eigenvalue weighted by molar-refractivity contribution is 5.14. The van der Waals surface area contributed by atoms with Crippen molar-refractivity contribution in [2.24, 2.45) is 5.92 Å². The summed E-state index contributed by atoms with van der Waals surface area (Å²) in [5.74, 6) is -0.137. The zero-order valence-corrected chi connectivity index (χ0v) is 11.2. The first-order valence-corrected chi connectivity index (χ1v) is 6.93. The number of hydrogen-bond acceptors (Lipinski definition) is 4. The van der Waals surface area contributed by atoms with E-state index in [9.17, 15) is 15.3 Å². The van der Waals surface area contributed by atoms with Gasteiger partial charge in [-0.15, -0.1) is 0 Å². The minimum atomic E-state index is -1.04. The molecule has 0 spiro atoms. The van der Waals surface area contributed by atoms with Gasteiger partial charge in [0.15, 0.2) is 0 Å². The van der Waals surface area contributed by atoms with Crippen molar-refractivity contribution in [1.82, 2.24) is 5.32 Å². The monoisotopic (exact) mass is 265 g/mol. The quantitative estimate of drug-likeness (QED) is 0.578. The van der Waals surface area contributed by atoms with Crippen LogP contribution >= 0.6 is 0 Å². The maximum Gasteiger partial charge on any atom is 0.108 e. The Balaban J connectivity index is 1.74. The van der Waals surface area contributed by atoms with Crippen molar-refractivity contribution in [3.05, 3.63) is 35.9 Å². The Labute approximate surface area is 114 Å². The molecule has 4 N–H and O–H groups in total. The third-order valence-electron chi connectivity index (χ3n) is 4.04. The summed E-state index contributed by atoms with van der Waals surface area (Å²) in [6.45, 7) is 2.61. The number of aryl methyl sites for hydroxylation is 1. The van der Waals surface area contributed by atoms with Crippen LogP contribution in [0.2, 0.25) is 0 Å². The van der Waals surface area contributed by atoms with E-state index in [0.717, 1.165) is 19.4 Å². The molecule has 0 aromatic heterocycles. The summed E-state index contributed by atoms with van der Waals surface area (Å²) in [6.07, 6.45) is -0.826. The average molecular weight is 265 g/mol. The molecule has 1 aromatic carbocycles. The number of nitrogens with one attached hydrogen (secondary N) is 1. The zero-order valence-electron chi connectivity index (χ0n) is 11.2. The van der Waals surface area contributed by atoms with Crippen LogP contribution in [0.1, 0.15) is 18.9 Å². The van der Waals surface area contributed by atoms with Gasteiger partial charge in [0.2, 0.25) is 0 Å². The largest absolute Gasteiger partial charge is 0.390 e. The van der Waals surface area contributed by atoms with Gasteiger partial charge < -0.3 is 20.6 Å². The van der Waals surface area contributed by atoms with Crippen molar-refractivity contribution >= 4 is 0 Å². The summed E-state index contributed by atoms with van der Waals surface area (Å²) in [4.78, 5) is 0. The molecule has 4 heteroatoms. The number of aliphatic hydroxyl groups excluding tert-OH is 3. The van der Waals surface area contributed by atoms with E-state index in [-0.39, 0.29) is 12.0 Å². The van der Waals surface area contributed by atoms with E-state index in [2.05, 4.69) is 17.4 Å². The smallest absolute Gasteiger partial charge is 0.108 e. The van der Waals surface area contributed by atoms with Gasteiger partial charge in [0.05, 0.1) is 12.2 Å². The molecule has 0 saturated heterocycles. The maximum absolute atomic E-state index is 9.84. The fourth-order valence-electron chi connectivity index (χ4n) is 2.76. The highest BCUT2D eigenvalue weighted by Crippen LogP contribution is 2.26. The fraction of sp³-hybridized carbons (Fsp3) is 0.600. The predicted octanol–water partition coefficient (Wildman–Crippen LogP) is 0.310. The van der Waals surface area contributed by atoms with Crippen molar-refractivity contribution in [3.8, 4) is 0 Å². The molecule has 5 atom stereocenters. The minimum Gasteiger partial charge on any atom is -0.390 e. The molecule has 4 nitrogen and oxygen atoms in total. The summed E-state index contributed by atoms with van der Waals surface area (Å²) in [5, 5.41) is 32.4. The van der Waals surface area contributed by atoms with Gasteiger partial charge in [0.25, 0.3) is 0 Å². The second-order valence-corrected chi connectivity index (χ2v) is 5.40. The van der Waals surface area contributed by atoms with Crippen molar-refractivity contribution < 1.29 is 15.3 Å². The molecule has 1 saturated carbocycles. The SMILES string of the molecule is C[C@H]1[C@@H](O)[C@@H](O)[C@H](O)[C@@H]1NCCCc1ccccc1. The van der Waals surface area contributed by atoms with Crippen LogP contribution in [0.15, 0.2) is 30.3 Å². The van der Waals surface area contributed by atoms with Gasteiger partial charge in [-0.25, -0.2) is 0 Å². The Morgan fingerprint density at radius 1 is 1.00 bits per heavy atom. The van der Waals surface area contributed by atoms with Crippen LogP contribution in [0.4, 0.5) is 0 Å². The average Bonchev–Trinajstić information content (AvgIpc) is 2.62. The Kier molecular flexibility index (Phi) is 4.93. The Bertz CT molecular complexity index is 370. The topological polar surface area (TPSA) is 72.7 Å². The Morgan fingerprint density at radius 3 is 2.26 bits per heavy atom. The summed E-state index contributed by atoms with van der Waals surface area (Å²) in [6, 6.07) is 10.0. The highest BCUT2D eigenvalue weighted by atomic mass is 16.4. The summed E-state index contributed by atoms with van der Waals surface area (Å²) >= 11 is 0. The first-order valence-electron chi connectivity index (χ1n) is 6.93. The van der Waals surface area contributed by atoms with Gasteiger partial charge in [-0.05, 0) is 24.9 Å². The molecule has 19 heavy (non-hydrogen) atoms. The van der Waals surface area contributed by atoms with Gasteiger partial charge in [-0.3, -0.25) is 0 Å². The Morgan fingerprint density at radius 2 is 1.68 bits per heavy atom. The van der Waals surface area contributed by atoms with Gasteiger partial charge in [0, 0.05) is 12.0 Å². The van der Waals surface area contributed by atoms with Crippen molar-refractivity contribution in [2.45, 2.75) is 44.1 Å². The lowest BCUT2D eigenvalue weighted by Gasteiger charge is -2.21. The lowest BCUT2D eigenvalue weighted by molar-refractivity contribution is -0.0267. The molecule has 0 radical (unpaired) electrons. The molecular weight excluding hydrogens is 242 g/mol. The molecule has 0 unspecified atom stereocenters. The van der Waals surface area contributed by atoms with E-state index in [1.54, 1.807) is 0 Å². The minimum absolute atomic E-state index is 0.137. The second-order valence-electron chi connectivity index (χ2n) is 5.40. The molecule has 1 fully saturated rings. The molecular formula is C15H23NO3. The molecule has 0 amide bonds. The number of aliphatic hydroxyl groups is 3.